The minimum atomic E-state index is -1.05. The molecule has 0 radical (unpaired) electrons. The van der Waals surface area contributed by atoms with Crippen LogP contribution in [0.3, 0.4) is 0 Å². The monoisotopic (exact) mass is 453 g/mol. The molecular formula is C26H19N3O5. The van der Waals surface area contributed by atoms with Gasteiger partial charge in [0.25, 0.3) is 5.91 Å². The zero-order chi connectivity index (χ0) is 23.8. The van der Waals surface area contributed by atoms with Crippen molar-refractivity contribution in [2.75, 3.05) is 12.0 Å². The first-order chi connectivity index (χ1) is 16.5. The average Bonchev–Trinajstić information content (AvgIpc) is 3.43. The fourth-order valence-electron chi connectivity index (χ4n) is 4.23. The molecule has 4 aromatic rings. The van der Waals surface area contributed by atoms with E-state index in [2.05, 4.69) is 10.2 Å². The fraction of sp³-hybridized carbons (Fsp3) is 0.0769. The Labute approximate surface area is 194 Å². The number of aromatic amines is 1. The van der Waals surface area contributed by atoms with Crippen LogP contribution in [0, 0.1) is 0 Å². The van der Waals surface area contributed by atoms with E-state index < -0.39 is 18.0 Å². The van der Waals surface area contributed by atoms with E-state index in [1.54, 1.807) is 41.3 Å². The van der Waals surface area contributed by atoms with Crippen molar-refractivity contribution in [1.29, 1.82) is 0 Å². The van der Waals surface area contributed by atoms with Crippen LogP contribution in [0.2, 0.25) is 0 Å². The molecule has 1 atom stereocenters. The second kappa shape index (κ2) is 8.32. The normalized spacial score (nSPS) is 14.7. The highest BCUT2D eigenvalue weighted by atomic mass is 16.5. The number of aromatic nitrogens is 2. The summed E-state index contributed by atoms with van der Waals surface area (Å²) in [5.74, 6) is -1.78. The maximum Gasteiger partial charge on any atom is 0.337 e. The maximum absolute atomic E-state index is 13.5. The lowest BCUT2D eigenvalue weighted by Crippen LogP contribution is -2.29. The van der Waals surface area contributed by atoms with Crippen molar-refractivity contribution in [1.82, 2.24) is 10.2 Å². The average molecular weight is 453 g/mol. The number of amides is 1. The summed E-state index contributed by atoms with van der Waals surface area (Å²) in [6, 6.07) is 22.0. The molecule has 5 rings (SSSR count). The first-order valence-corrected chi connectivity index (χ1v) is 10.5. The molecule has 1 amide bonds. The first-order valence-electron chi connectivity index (χ1n) is 10.5. The van der Waals surface area contributed by atoms with E-state index in [0.29, 0.717) is 28.2 Å². The van der Waals surface area contributed by atoms with Gasteiger partial charge in [-0.25, -0.2) is 9.59 Å². The Kier molecular flexibility index (Phi) is 5.18. The van der Waals surface area contributed by atoms with Gasteiger partial charge in [-0.15, -0.1) is 0 Å². The zero-order valence-electron chi connectivity index (χ0n) is 18.1. The van der Waals surface area contributed by atoms with Crippen LogP contribution < -0.4 is 4.90 Å². The number of aromatic carboxylic acids is 1. The minimum Gasteiger partial charge on any atom is -0.478 e. The van der Waals surface area contributed by atoms with Crippen molar-refractivity contribution in [3.8, 4) is 11.3 Å². The number of fused-ring (bicyclic) bond motifs is 1. The maximum atomic E-state index is 13.5. The van der Waals surface area contributed by atoms with Gasteiger partial charge in [0, 0.05) is 16.8 Å². The Morgan fingerprint density at radius 3 is 2.21 bits per heavy atom. The van der Waals surface area contributed by atoms with Gasteiger partial charge in [-0.3, -0.25) is 14.8 Å². The van der Waals surface area contributed by atoms with E-state index in [0.717, 1.165) is 11.1 Å². The van der Waals surface area contributed by atoms with Crippen molar-refractivity contribution < 1.29 is 24.2 Å². The lowest BCUT2D eigenvalue weighted by molar-refractivity contribution is 0.0599. The molecule has 0 spiro atoms. The third-order valence-electron chi connectivity index (χ3n) is 5.86. The van der Waals surface area contributed by atoms with Gasteiger partial charge in [0.15, 0.2) is 0 Å². The van der Waals surface area contributed by atoms with Crippen LogP contribution in [0.1, 0.15) is 48.4 Å². The third kappa shape index (κ3) is 3.41. The molecule has 1 aliphatic heterocycles. The molecule has 0 saturated carbocycles. The molecule has 168 valence electrons. The number of nitrogens with zero attached hydrogens (tertiary/aromatic N) is 2. The van der Waals surface area contributed by atoms with Gasteiger partial charge >= 0.3 is 11.9 Å². The number of esters is 1. The molecule has 0 fully saturated rings. The molecule has 0 saturated heterocycles. The molecule has 8 nitrogen and oxygen atoms in total. The van der Waals surface area contributed by atoms with Crippen molar-refractivity contribution in [3.63, 3.8) is 0 Å². The number of carboxylic acid groups (broad SMARTS) is 1. The van der Waals surface area contributed by atoms with Crippen LogP contribution in [0.25, 0.3) is 11.3 Å². The summed E-state index contributed by atoms with van der Waals surface area (Å²) in [4.78, 5) is 38.4. The van der Waals surface area contributed by atoms with Gasteiger partial charge in [0.1, 0.15) is 5.69 Å². The smallest absolute Gasteiger partial charge is 0.337 e. The van der Waals surface area contributed by atoms with E-state index >= 15 is 0 Å². The molecular weight excluding hydrogens is 434 g/mol. The molecule has 0 aliphatic carbocycles. The van der Waals surface area contributed by atoms with E-state index in [1.807, 2.05) is 30.3 Å². The highest BCUT2D eigenvalue weighted by Gasteiger charge is 2.43. The van der Waals surface area contributed by atoms with Gasteiger partial charge in [-0.05, 0) is 42.0 Å². The SMILES string of the molecule is COC(=O)c1ccc(C2c3c(-c4ccccc4)n[nH]c3C(=O)N2c2ccc(C(=O)O)cc2)cc1. The number of methoxy groups -OCH3 is 1. The van der Waals surface area contributed by atoms with E-state index in [4.69, 9.17) is 4.74 Å². The molecule has 1 aromatic heterocycles. The van der Waals surface area contributed by atoms with Crippen LogP contribution in [-0.4, -0.2) is 40.3 Å². The van der Waals surface area contributed by atoms with E-state index in [1.165, 1.54) is 19.2 Å². The number of hydrogen-bond donors (Lipinski definition) is 2. The molecule has 2 heterocycles. The Hall–Kier alpha value is -4.72. The summed E-state index contributed by atoms with van der Waals surface area (Å²) in [5, 5.41) is 16.6. The quantitative estimate of drug-likeness (QED) is 0.436. The number of hydrogen-bond acceptors (Lipinski definition) is 5. The third-order valence-corrected chi connectivity index (χ3v) is 5.86. The Morgan fingerprint density at radius 1 is 0.941 bits per heavy atom. The van der Waals surface area contributed by atoms with Crippen LogP contribution >= 0.6 is 0 Å². The number of carbonyl (C=O) groups excluding carboxylic acids is 2. The second-order valence-corrected chi connectivity index (χ2v) is 7.77. The van der Waals surface area contributed by atoms with Crippen molar-refractivity contribution in [2.45, 2.75) is 6.04 Å². The summed E-state index contributed by atoms with van der Waals surface area (Å²) in [6.07, 6.45) is 0. The molecule has 8 heteroatoms. The van der Waals surface area contributed by atoms with Gasteiger partial charge in [-0.2, -0.15) is 5.10 Å². The molecule has 34 heavy (non-hydrogen) atoms. The number of carboxylic acids is 1. The van der Waals surface area contributed by atoms with Crippen molar-refractivity contribution >= 4 is 23.5 Å². The summed E-state index contributed by atoms with van der Waals surface area (Å²) >= 11 is 0. The predicted octanol–water partition coefficient (Wildman–Crippen LogP) is 4.31. The van der Waals surface area contributed by atoms with Crippen LogP contribution in [-0.2, 0) is 4.74 Å². The summed E-state index contributed by atoms with van der Waals surface area (Å²) in [7, 11) is 1.32. The summed E-state index contributed by atoms with van der Waals surface area (Å²) in [6.45, 7) is 0. The topological polar surface area (TPSA) is 113 Å². The Morgan fingerprint density at radius 2 is 1.59 bits per heavy atom. The van der Waals surface area contributed by atoms with Crippen LogP contribution in [0.15, 0.2) is 78.9 Å². The van der Waals surface area contributed by atoms with Gasteiger partial charge in [0.2, 0.25) is 0 Å². The molecule has 3 aromatic carbocycles. The van der Waals surface area contributed by atoms with Crippen molar-refractivity contribution in [3.05, 3.63) is 107 Å². The largest absolute Gasteiger partial charge is 0.478 e. The van der Waals surface area contributed by atoms with Crippen LogP contribution in [0.5, 0.6) is 0 Å². The second-order valence-electron chi connectivity index (χ2n) is 7.77. The van der Waals surface area contributed by atoms with Crippen LogP contribution in [0.4, 0.5) is 5.69 Å². The lowest BCUT2D eigenvalue weighted by Gasteiger charge is -2.26. The number of benzene rings is 3. The van der Waals surface area contributed by atoms with Gasteiger partial charge in [-0.1, -0.05) is 42.5 Å². The Balaban J connectivity index is 1.66. The van der Waals surface area contributed by atoms with E-state index in [9.17, 15) is 19.5 Å². The highest BCUT2D eigenvalue weighted by molar-refractivity contribution is 6.12. The fourth-order valence-corrected chi connectivity index (χ4v) is 4.23. The number of anilines is 1. The summed E-state index contributed by atoms with van der Waals surface area (Å²) < 4.78 is 4.79. The summed E-state index contributed by atoms with van der Waals surface area (Å²) in [5.41, 5.74) is 4.40. The van der Waals surface area contributed by atoms with Crippen molar-refractivity contribution in [2.24, 2.45) is 0 Å². The first kappa shape index (κ1) is 21.1. The molecule has 0 bridgehead atoms. The molecule has 2 N–H and O–H groups in total. The number of H-pyrrole nitrogens is 1. The van der Waals surface area contributed by atoms with E-state index in [-0.39, 0.29) is 11.5 Å². The zero-order valence-corrected chi connectivity index (χ0v) is 18.1. The standard InChI is InChI=1S/C26H19N3O5/c1-34-26(33)18-9-7-16(8-10-18)23-20-21(15-5-3-2-4-6-15)27-28-22(20)24(30)29(23)19-13-11-17(12-14-19)25(31)32/h2-14,23H,1H3,(H,27,28)(H,31,32). The number of carbonyl (C=O) groups is 3. The molecule has 1 aliphatic rings. The molecule has 1 unspecified atom stereocenters. The predicted molar refractivity (Wildman–Crippen MR) is 124 cm³/mol. The Bertz CT molecular complexity index is 1390. The van der Waals surface area contributed by atoms with Gasteiger partial charge in [0.05, 0.1) is 30.0 Å². The minimum absolute atomic E-state index is 0.125. The lowest BCUT2D eigenvalue weighted by atomic mass is 9.95. The number of nitrogens with one attached hydrogen (secondary N) is 1. The number of ether oxygens (including phenoxy) is 1. The number of rotatable bonds is 5. The highest BCUT2D eigenvalue weighted by Crippen LogP contribution is 2.45. The van der Waals surface area contributed by atoms with Gasteiger partial charge < -0.3 is 9.84 Å².